The van der Waals surface area contributed by atoms with Crippen molar-refractivity contribution in [3.8, 4) is 0 Å². The molecule has 0 radical (unpaired) electrons. The molecular formula is C19H25F3N2O. The summed E-state index contributed by atoms with van der Waals surface area (Å²) in [6.45, 7) is 1.42. The summed E-state index contributed by atoms with van der Waals surface area (Å²) in [5.74, 6) is -0.396. The molecule has 1 amide bonds. The second-order valence-corrected chi connectivity index (χ2v) is 7.06. The summed E-state index contributed by atoms with van der Waals surface area (Å²) in [7, 11) is 0. The molecule has 1 atom stereocenters. The molecule has 3 nitrogen and oxygen atoms in total. The van der Waals surface area contributed by atoms with Crippen LogP contribution in [0, 0.1) is 5.92 Å². The van der Waals surface area contributed by atoms with Crippen LogP contribution in [0.15, 0.2) is 24.3 Å². The minimum Gasteiger partial charge on any atom is -0.316 e. The van der Waals surface area contributed by atoms with E-state index in [4.69, 9.17) is 0 Å². The van der Waals surface area contributed by atoms with Gasteiger partial charge in [-0.05, 0) is 44.4 Å². The van der Waals surface area contributed by atoms with Crippen molar-refractivity contribution in [2.75, 3.05) is 18.0 Å². The number of nitrogens with one attached hydrogen (secondary N) is 1. The molecule has 0 spiro atoms. The minimum absolute atomic E-state index is 0.0254. The zero-order valence-electron chi connectivity index (χ0n) is 14.3. The Kier molecular flexibility index (Phi) is 5.67. The van der Waals surface area contributed by atoms with Gasteiger partial charge in [-0.15, -0.1) is 0 Å². The molecule has 138 valence electrons. The first-order valence-electron chi connectivity index (χ1n) is 9.18. The molecule has 3 rings (SSSR count). The zero-order valence-corrected chi connectivity index (χ0v) is 14.3. The predicted molar refractivity (Wildman–Crippen MR) is 91.4 cm³/mol. The molecule has 1 saturated carbocycles. The SMILES string of the molecule is O=C([C@H]1CCCNC1)N(c1ccccc1C(F)(F)F)C1CCCCC1. The summed E-state index contributed by atoms with van der Waals surface area (Å²) < 4.78 is 40.6. The molecule has 0 aromatic heterocycles. The number of rotatable bonds is 3. The van der Waals surface area contributed by atoms with Crippen LogP contribution in [0.5, 0.6) is 0 Å². The molecule has 25 heavy (non-hydrogen) atoms. The van der Waals surface area contributed by atoms with Crippen molar-refractivity contribution in [3.05, 3.63) is 29.8 Å². The van der Waals surface area contributed by atoms with E-state index in [1.165, 1.54) is 17.0 Å². The highest BCUT2D eigenvalue weighted by molar-refractivity contribution is 5.96. The molecule has 1 aromatic carbocycles. The quantitative estimate of drug-likeness (QED) is 0.874. The van der Waals surface area contributed by atoms with E-state index in [0.29, 0.717) is 6.54 Å². The second kappa shape index (κ2) is 7.77. The van der Waals surface area contributed by atoms with Crippen molar-refractivity contribution >= 4 is 11.6 Å². The standard InChI is InChI=1S/C19H25F3N2O/c20-19(21,22)16-10-4-5-11-17(16)24(15-8-2-1-3-9-15)18(25)14-7-6-12-23-13-14/h4-5,10-11,14-15,23H,1-3,6-9,12-13H2/t14-/m0/s1. The van der Waals surface area contributed by atoms with E-state index in [1.807, 2.05) is 0 Å². The molecule has 1 aromatic rings. The molecule has 0 unspecified atom stereocenters. The first-order valence-corrected chi connectivity index (χ1v) is 9.18. The molecule has 1 aliphatic heterocycles. The van der Waals surface area contributed by atoms with Gasteiger partial charge in [0.1, 0.15) is 0 Å². The van der Waals surface area contributed by atoms with Crippen LogP contribution in [0.2, 0.25) is 0 Å². The number of carbonyl (C=O) groups is 1. The average molecular weight is 354 g/mol. The van der Waals surface area contributed by atoms with Gasteiger partial charge >= 0.3 is 6.18 Å². The number of benzene rings is 1. The van der Waals surface area contributed by atoms with Gasteiger partial charge in [0.25, 0.3) is 0 Å². The van der Waals surface area contributed by atoms with E-state index in [1.54, 1.807) is 6.07 Å². The van der Waals surface area contributed by atoms with Crippen LogP contribution in [0.4, 0.5) is 18.9 Å². The lowest BCUT2D eigenvalue weighted by molar-refractivity contribution is -0.137. The van der Waals surface area contributed by atoms with Gasteiger partial charge in [-0.3, -0.25) is 4.79 Å². The molecule has 6 heteroatoms. The van der Waals surface area contributed by atoms with E-state index in [-0.39, 0.29) is 23.6 Å². The average Bonchev–Trinajstić information content (AvgIpc) is 2.63. The molecule has 1 saturated heterocycles. The van der Waals surface area contributed by atoms with Gasteiger partial charge in [0.05, 0.1) is 17.2 Å². The summed E-state index contributed by atoms with van der Waals surface area (Å²) in [6, 6.07) is 5.38. The van der Waals surface area contributed by atoms with Crippen LogP contribution < -0.4 is 10.2 Å². The van der Waals surface area contributed by atoms with Crippen molar-refractivity contribution in [2.24, 2.45) is 5.92 Å². The van der Waals surface area contributed by atoms with Gasteiger partial charge in [0, 0.05) is 12.6 Å². The van der Waals surface area contributed by atoms with Crippen molar-refractivity contribution in [2.45, 2.75) is 57.2 Å². The minimum atomic E-state index is -4.46. The number of halogens is 3. The van der Waals surface area contributed by atoms with Crippen LogP contribution in [0.25, 0.3) is 0 Å². The summed E-state index contributed by atoms with van der Waals surface area (Å²) in [4.78, 5) is 14.7. The van der Waals surface area contributed by atoms with Crippen molar-refractivity contribution in [1.29, 1.82) is 0 Å². The van der Waals surface area contributed by atoms with Gasteiger partial charge in [0.2, 0.25) is 5.91 Å². The first-order chi connectivity index (χ1) is 12.0. The first kappa shape index (κ1) is 18.2. The lowest BCUT2D eigenvalue weighted by atomic mass is 9.90. The molecule has 0 bridgehead atoms. The number of nitrogens with zero attached hydrogens (tertiary/aromatic N) is 1. The smallest absolute Gasteiger partial charge is 0.316 e. The maximum atomic E-state index is 13.5. The fourth-order valence-electron chi connectivity index (χ4n) is 4.02. The van der Waals surface area contributed by atoms with Crippen molar-refractivity contribution < 1.29 is 18.0 Å². The third kappa shape index (κ3) is 4.17. The second-order valence-electron chi connectivity index (χ2n) is 7.06. The van der Waals surface area contributed by atoms with Gasteiger partial charge in [0.15, 0.2) is 0 Å². The Morgan fingerprint density at radius 3 is 2.40 bits per heavy atom. The van der Waals surface area contributed by atoms with Crippen LogP contribution in [0.1, 0.15) is 50.5 Å². The summed E-state index contributed by atoms with van der Waals surface area (Å²) in [5.41, 5.74) is -0.685. The van der Waals surface area contributed by atoms with Gasteiger partial charge in [-0.1, -0.05) is 31.4 Å². The van der Waals surface area contributed by atoms with Crippen LogP contribution in [-0.2, 0) is 11.0 Å². The maximum absolute atomic E-state index is 13.5. The number of para-hydroxylation sites is 1. The lowest BCUT2D eigenvalue weighted by Crippen LogP contribution is -2.49. The predicted octanol–water partition coefficient (Wildman–Crippen LogP) is 4.37. The highest BCUT2D eigenvalue weighted by Crippen LogP contribution is 2.39. The van der Waals surface area contributed by atoms with Crippen LogP contribution >= 0.6 is 0 Å². The molecular weight excluding hydrogens is 329 g/mol. The molecule has 2 aliphatic rings. The van der Waals surface area contributed by atoms with Crippen LogP contribution in [0.3, 0.4) is 0 Å². The van der Waals surface area contributed by atoms with E-state index in [2.05, 4.69) is 5.32 Å². The van der Waals surface area contributed by atoms with Gasteiger partial charge in [-0.25, -0.2) is 0 Å². The Morgan fingerprint density at radius 1 is 1.04 bits per heavy atom. The largest absolute Gasteiger partial charge is 0.418 e. The van der Waals surface area contributed by atoms with Gasteiger partial charge < -0.3 is 10.2 Å². The number of hydrogen-bond acceptors (Lipinski definition) is 2. The van der Waals surface area contributed by atoms with E-state index in [0.717, 1.165) is 57.6 Å². The fraction of sp³-hybridized carbons (Fsp3) is 0.632. The highest BCUT2D eigenvalue weighted by atomic mass is 19.4. The fourth-order valence-corrected chi connectivity index (χ4v) is 4.02. The highest BCUT2D eigenvalue weighted by Gasteiger charge is 2.39. The Balaban J connectivity index is 1.98. The van der Waals surface area contributed by atoms with E-state index < -0.39 is 11.7 Å². The topological polar surface area (TPSA) is 32.3 Å². The number of piperidine rings is 1. The number of amides is 1. The van der Waals surface area contributed by atoms with Crippen molar-refractivity contribution in [1.82, 2.24) is 5.32 Å². The monoisotopic (exact) mass is 354 g/mol. The number of anilines is 1. The number of hydrogen-bond donors (Lipinski definition) is 1. The van der Waals surface area contributed by atoms with Crippen molar-refractivity contribution in [3.63, 3.8) is 0 Å². The molecule has 1 heterocycles. The third-order valence-electron chi connectivity index (χ3n) is 5.29. The lowest BCUT2D eigenvalue weighted by Gasteiger charge is -2.38. The summed E-state index contributed by atoms with van der Waals surface area (Å²) in [5, 5.41) is 3.20. The Labute approximate surface area is 146 Å². The summed E-state index contributed by atoms with van der Waals surface area (Å²) in [6.07, 6.45) is 1.73. The Hall–Kier alpha value is -1.56. The van der Waals surface area contributed by atoms with Gasteiger partial charge in [-0.2, -0.15) is 13.2 Å². The maximum Gasteiger partial charge on any atom is 0.418 e. The third-order valence-corrected chi connectivity index (χ3v) is 5.29. The number of carbonyl (C=O) groups excluding carboxylic acids is 1. The molecule has 1 aliphatic carbocycles. The Bertz CT molecular complexity index is 591. The summed E-state index contributed by atoms with van der Waals surface area (Å²) >= 11 is 0. The molecule has 1 N–H and O–H groups in total. The Morgan fingerprint density at radius 2 is 1.76 bits per heavy atom. The normalized spacial score (nSPS) is 22.6. The zero-order chi connectivity index (χ0) is 17.9. The van der Waals surface area contributed by atoms with E-state index >= 15 is 0 Å². The van der Waals surface area contributed by atoms with E-state index in [9.17, 15) is 18.0 Å². The number of alkyl halides is 3. The van der Waals surface area contributed by atoms with Crippen LogP contribution in [-0.4, -0.2) is 25.0 Å². The molecule has 2 fully saturated rings.